The fraction of sp³-hybridized carbons (Fsp3) is 0.500. The van der Waals surface area contributed by atoms with Crippen LogP contribution in [0.5, 0.6) is 11.6 Å². The number of piperazine rings is 1. The van der Waals surface area contributed by atoms with Crippen LogP contribution in [0.3, 0.4) is 0 Å². The molecule has 344 valence electrons. The zero-order valence-corrected chi connectivity index (χ0v) is 38.4. The van der Waals surface area contributed by atoms with Crippen LogP contribution < -0.4 is 20.3 Å². The van der Waals surface area contributed by atoms with Crippen molar-refractivity contribution in [2.45, 2.75) is 89.6 Å². The standard InChI is InChI=1S/C48H60N10O6S/c1-29(2)45(48(62)58-27-37(59)21-35(58)22-43(61)51-30(3)32-9-11-33(12-10-32)46-31(4)50-28-65-46)42-24-44(54-64-42)63-20-19-55-15-13-34(14-16-55)56-17-18-57-36(26-56)25-49-47-40(57)23-39(52-53-47)38-7-5-6-8-41(38)60/h5-12,23-24,28-30,34-37,45,59-60H,13-22,25-27H2,1-4H3,(H,49,53)(H,51,61)/t30-,35-,36-,37+,45+/m0/s1. The van der Waals surface area contributed by atoms with Gasteiger partial charge in [0, 0.05) is 69.4 Å². The third kappa shape index (κ3) is 9.83. The lowest BCUT2D eigenvalue weighted by Crippen LogP contribution is -2.61. The molecule has 0 radical (unpaired) electrons. The van der Waals surface area contributed by atoms with Crippen LogP contribution in [-0.2, 0) is 9.59 Å². The lowest BCUT2D eigenvalue weighted by molar-refractivity contribution is -0.136. The van der Waals surface area contributed by atoms with Gasteiger partial charge in [0.2, 0.25) is 11.8 Å². The summed E-state index contributed by atoms with van der Waals surface area (Å²) in [7, 11) is 0. The van der Waals surface area contributed by atoms with E-state index in [9.17, 15) is 19.8 Å². The number of aliphatic hydroxyl groups is 1. The number of aliphatic hydroxyl groups excluding tert-OH is 1. The second-order valence-electron chi connectivity index (χ2n) is 18.3. The number of benzene rings is 2. The quantitative estimate of drug-likeness (QED) is 0.106. The summed E-state index contributed by atoms with van der Waals surface area (Å²) in [5, 5.41) is 40.8. The molecule has 3 saturated heterocycles. The number of thiazole rings is 1. The smallest absolute Gasteiger partial charge is 0.254 e. The highest BCUT2D eigenvalue weighted by atomic mass is 32.1. The second-order valence-corrected chi connectivity index (χ2v) is 19.2. The molecule has 0 aliphatic carbocycles. The zero-order chi connectivity index (χ0) is 45.2. The fourth-order valence-corrected chi connectivity index (χ4v) is 10.9. The number of nitrogens with one attached hydrogen (secondary N) is 2. The summed E-state index contributed by atoms with van der Waals surface area (Å²) in [5.41, 5.74) is 7.29. The summed E-state index contributed by atoms with van der Waals surface area (Å²) in [6, 6.07) is 19.3. The molecule has 0 saturated carbocycles. The molecule has 7 heterocycles. The van der Waals surface area contributed by atoms with E-state index in [0.29, 0.717) is 48.0 Å². The zero-order valence-electron chi connectivity index (χ0n) is 37.6. The van der Waals surface area contributed by atoms with Crippen LogP contribution in [-0.4, -0.2) is 140 Å². The van der Waals surface area contributed by atoms with Gasteiger partial charge in [0.1, 0.15) is 18.3 Å². The largest absolute Gasteiger partial charge is 0.507 e. The van der Waals surface area contributed by atoms with Crippen molar-refractivity contribution in [1.29, 1.82) is 0 Å². The van der Waals surface area contributed by atoms with Gasteiger partial charge >= 0.3 is 0 Å². The van der Waals surface area contributed by atoms with Crippen molar-refractivity contribution in [2.24, 2.45) is 5.92 Å². The number of β-amino-alcohol motifs (C(OH)–C–C–N with tert-alkyl or cyclic N) is 1. The number of likely N-dealkylation sites (tertiary alicyclic amines) is 2. The van der Waals surface area contributed by atoms with Gasteiger partial charge in [-0.1, -0.05) is 50.2 Å². The molecule has 65 heavy (non-hydrogen) atoms. The SMILES string of the molecule is Cc1ncsc1-c1ccc([C@H](C)NC(=O)C[C@@H]2C[C@@H](O)CN2C(=O)[C@@H](c2cc(OCCN3CCC(N4CCN5c6cc(-c7ccccc7O)nnc6NC[C@H]5C4)CC3)no2)C(C)C)cc1. The lowest BCUT2D eigenvalue weighted by Gasteiger charge is -2.49. The number of hydrogen-bond donors (Lipinski definition) is 4. The monoisotopic (exact) mass is 904 g/mol. The van der Waals surface area contributed by atoms with Crippen molar-refractivity contribution in [3.05, 3.63) is 83.2 Å². The minimum Gasteiger partial charge on any atom is -0.507 e. The van der Waals surface area contributed by atoms with Gasteiger partial charge in [-0.3, -0.25) is 19.4 Å². The number of ether oxygens (including phenoxy) is 1. The molecular weight excluding hydrogens is 845 g/mol. The molecule has 0 bridgehead atoms. The molecule has 3 fully saturated rings. The molecule has 2 amide bonds. The Labute approximate surface area is 384 Å². The number of rotatable bonds is 14. The third-order valence-corrected chi connectivity index (χ3v) is 14.6. The number of amides is 2. The number of phenols is 1. The predicted molar refractivity (Wildman–Crippen MR) is 249 cm³/mol. The number of carbonyl (C=O) groups excluding carboxylic acids is 2. The summed E-state index contributed by atoms with van der Waals surface area (Å²) in [6.45, 7) is 14.8. The molecule has 0 unspecified atom stereocenters. The maximum Gasteiger partial charge on any atom is 0.254 e. The van der Waals surface area contributed by atoms with Crippen LogP contribution in [0.15, 0.2) is 70.7 Å². The second kappa shape index (κ2) is 19.5. The maximum atomic E-state index is 14.2. The van der Waals surface area contributed by atoms with Gasteiger partial charge in [-0.05, 0) is 86.6 Å². The molecule has 9 rings (SSSR count). The van der Waals surface area contributed by atoms with E-state index in [4.69, 9.17) is 9.26 Å². The van der Waals surface area contributed by atoms with E-state index in [0.717, 1.165) is 91.9 Å². The predicted octanol–water partition coefficient (Wildman–Crippen LogP) is 5.70. The van der Waals surface area contributed by atoms with Crippen LogP contribution in [0.4, 0.5) is 11.5 Å². The first kappa shape index (κ1) is 44.6. The molecule has 4 aliphatic heterocycles. The number of nitrogens with zero attached hydrogens (tertiary/aromatic N) is 8. The molecule has 4 aliphatic rings. The fourth-order valence-electron chi connectivity index (χ4n) is 10.1. The number of hydrogen-bond acceptors (Lipinski definition) is 15. The highest BCUT2D eigenvalue weighted by Gasteiger charge is 2.41. The van der Waals surface area contributed by atoms with Crippen LogP contribution in [0, 0.1) is 12.8 Å². The van der Waals surface area contributed by atoms with Gasteiger partial charge in [-0.25, -0.2) is 4.98 Å². The van der Waals surface area contributed by atoms with Crippen LogP contribution in [0.25, 0.3) is 21.7 Å². The summed E-state index contributed by atoms with van der Waals surface area (Å²) in [4.78, 5) is 42.2. The van der Waals surface area contributed by atoms with Gasteiger partial charge < -0.3 is 39.9 Å². The third-order valence-electron chi connectivity index (χ3n) is 13.7. The van der Waals surface area contributed by atoms with Crippen molar-refractivity contribution >= 4 is 34.7 Å². The number of carbonyl (C=O) groups is 2. The lowest BCUT2D eigenvalue weighted by atomic mass is 9.91. The Hall–Kier alpha value is -5.62. The molecule has 16 nitrogen and oxygen atoms in total. The van der Waals surface area contributed by atoms with Crippen molar-refractivity contribution in [2.75, 3.05) is 69.2 Å². The molecule has 4 N–H and O–H groups in total. The van der Waals surface area contributed by atoms with Crippen LogP contribution in [0.1, 0.15) is 75.4 Å². The van der Waals surface area contributed by atoms with E-state index < -0.39 is 18.1 Å². The van der Waals surface area contributed by atoms with Gasteiger partial charge in [0.15, 0.2) is 11.6 Å². The molecule has 5 atom stereocenters. The average Bonchev–Trinajstić information content (AvgIpc) is 4.06. The summed E-state index contributed by atoms with van der Waals surface area (Å²) in [5.74, 6) is 0.598. The van der Waals surface area contributed by atoms with Crippen LogP contribution in [0.2, 0.25) is 0 Å². The Morgan fingerprint density at radius 2 is 1.80 bits per heavy atom. The first-order chi connectivity index (χ1) is 31.5. The number of anilines is 2. The van der Waals surface area contributed by atoms with E-state index in [1.807, 2.05) is 81.7 Å². The number of phenolic OH excluding ortho intramolecular Hbond substituents is 1. The average molecular weight is 905 g/mol. The first-order valence-electron chi connectivity index (χ1n) is 23.0. The number of para-hydroxylation sites is 1. The Kier molecular flexibility index (Phi) is 13.3. The Morgan fingerprint density at radius 3 is 2.55 bits per heavy atom. The Morgan fingerprint density at radius 1 is 1.00 bits per heavy atom. The van der Waals surface area contributed by atoms with E-state index in [1.165, 1.54) is 0 Å². The molecule has 5 aromatic rings. The highest BCUT2D eigenvalue weighted by Crippen LogP contribution is 2.38. The van der Waals surface area contributed by atoms with Gasteiger partial charge in [0.25, 0.3) is 5.88 Å². The summed E-state index contributed by atoms with van der Waals surface area (Å²) >= 11 is 1.60. The minimum absolute atomic E-state index is 0.0847. The topological polar surface area (TPSA) is 186 Å². The minimum atomic E-state index is -0.719. The number of piperidine rings is 1. The van der Waals surface area contributed by atoms with E-state index in [1.54, 1.807) is 28.4 Å². The Balaban J connectivity index is 0.729. The van der Waals surface area contributed by atoms with Crippen molar-refractivity contribution in [3.8, 4) is 33.3 Å². The summed E-state index contributed by atoms with van der Waals surface area (Å²) in [6.07, 6.45) is 1.86. The van der Waals surface area contributed by atoms with Gasteiger partial charge in [-0.15, -0.1) is 21.5 Å². The number of aromatic hydroxyl groups is 1. The molecule has 3 aromatic heterocycles. The highest BCUT2D eigenvalue weighted by molar-refractivity contribution is 7.13. The molecular formula is C48H60N10O6S. The summed E-state index contributed by atoms with van der Waals surface area (Å²) < 4.78 is 11.8. The molecule has 17 heteroatoms. The van der Waals surface area contributed by atoms with Crippen molar-refractivity contribution in [1.82, 2.24) is 40.4 Å². The van der Waals surface area contributed by atoms with E-state index >= 15 is 0 Å². The molecule has 2 aromatic carbocycles. The van der Waals surface area contributed by atoms with Gasteiger partial charge in [-0.2, -0.15) is 0 Å². The van der Waals surface area contributed by atoms with Gasteiger partial charge in [0.05, 0.1) is 45.7 Å². The van der Waals surface area contributed by atoms with Crippen molar-refractivity contribution < 1.29 is 29.1 Å². The Bertz CT molecular complexity index is 2440. The van der Waals surface area contributed by atoms with E-state index in [-0.39, 0.29) is 42.5 Å². The maximum absolute atomic E-state index is 14.2. The molecule has 0 spiro atoms. The van der Waals surface area contributed by atoms with E-state index in [2.05, 4.69) is 45.7 Å². The van der Waals surface area contributed by atoms with Crippen LogP contribution >= 0.6 is 11.3 Å². The number of fused-ring (bicyclic) bond motifs is 3. The normalized spacial score (nSPS) is 21.4. The number of aryl methyl sites for hydroxylation is 1. The van der Waals surface area contributed by atoms with Crippen molar-refractivity contribution in [3.63, 3.8) is 0 Å². The number of aromatic nitrogens is 4. The first-order valence-corrected chi connectivity index (χ1v) is 23.9.